The molecule has 1 fully saturated rings. The van der Waals surface area contributed by atoms with E-state index < -0.39 is 4.92 Å². The zero-order valence-electron chi connectivity index (χ0n) is 10.8. The van der Waals surface area contributed by atoms with Crippen molar-refractivity contribution < 1.29 is 4.92 Å². The molecular formula is C13H16N4O2. The number of nitriles is 1. The third-order valence-electron chi connectivity index (χ3n) is 3.47. The fourth-order valence-electron chi connectivity index (χ4n) is 2.23. The number of non-ortho nitro benzene ring substituents is 1. The molecule has 0 radical (unpaired) electrons. The smallest absolute Gasteiger partial charge is 0.269 e. The fraction of sp³-hybridized carbons (Fsp3) is 0.462. The summed E-state index contributed by atoms with van der Waals surface area (Å²) in [7, 11) is 0. The normalized spacial score (nSPS) is 17.8. The van der Waals surface area contributed by atoms with Gasteiger partial charge in [0.25, 0.3) is 5.69 Å². The van der Waals surface area contributed by atoms with Crippen LogP contribution in [0.3, 0.4) is 0 Å². The number of hydrogen-bond donors (Lipinski definition) is 0. The lowest BCUT2D eigenvalue weighted by Crippen LogP contribution is -2.49. The average Bonchev–Trinajstić information content (AvgIpc) is 2.46. The van der Waals surface area contributed by atoms with Crippen molar-refractivity contribution in [2.24, 2.45) is 0 Å². The second-order valence-corrected chi connectivity index (χ2v) is 4.60. The first kappa shape index (κ1) is 13.3. The van der Waals surface area contributed by atoms with E-state index in [1.165, 1.54) is 12.1 Å². The largest absolute Gasteiger partial charge is 0.369 e. The van der Waals surface area contributed by atoms with Crippen LogP contribution in [0.1, 0.15) is 6.92 Å². The van der Waals surface area contributed by atoms with Gasteiger partial charge in [0.2, 0.25) is 0 Å². The van der Waals surface area contributed by atoms with Crippen molar-refractivity contribution in [3.05, 3.63) is 34.4 Å². The van der Waals surface area contributed by atoms with Crippen LogP contribution in [0.2, 0.25) is 0 Å². The van der Waals surface area contributed by atoms with E-state index in [2.05, 4.69) is 15.9 Å². The van der Waals surface area contributed by atoms with Crippen molar-refractivity contribution in [3.8, 4) is 6.07 Å². The molecule has 0 bridgehead atoms. The Hall–Kier alpha value is -2.13. The third-order valence-corrected chi connectivity index (χ3v) is 3.47. The van der Waals surface area contributed by atoms with Gasteiger partial charge in [-0.2, -0.15) is 5.26 Å². The number of hydrogen-bond acceptors (Lipinski definition) is 5. The summed E-state index contributed by atoms with van der Waals surface area (Å²) in [5.74, 6) is 0. The van der Waals surface area contributed by atoms with E-state index in [4.69, 9.17) is 5.26 Å². The Bertz CT molecular complexity index is 486. The van der Waals surface area contributed by atoms with E-state index in [1.807, 2.05) is 6.92 Å². The molecule has 1 aliphatic heterocycles. The first-order valence-corrected chi connectivity index (χ1v) is 6.25. The molecular weight excluding hydrogens is 244 g/mol. The lowest BCUT2D eigenvalue weighted by Gasteiger charge is -2.37. The van der Waals surface area contributed by atoms with E-state index in [0.29, 0.717) is 0 Å². The molecule has 0 spiro atoms. The zero-order valence-corrected chi connectivity index (χ0v) is 10.8. The summed E-state index contributed by atoms with van der Waals surface area (Å²) >= 11 is 0. The van der Waals surface area contributed by atoms with Crippen LogP contribution in [0.5, 0.6) is 0 Å². The highest BCUT2D eigenvalue weighted by Crippen LogP contribution is 2.20. The molecule has 0 aliphatic carbocycles. The Morgan fingerprint density at radius 2 is 1.84 bits per heavy atom. The predicted octanol–water partition coefficient (Wildman–Crippen LogP) is 1.63. The van der Waals surface area contributed by atoms with Crippen LogP contribution < -0.4 is 4.90 Å². The molecule has 1 atom stereocenters. The average molecular weight is 260 g/mol. The molecule has 1 aromatic carbocycles. The maximum absolute atomic E-state index is 10.6. The number of benzene rings is 1. The van der Waals surface area contributed by atoms with Gasteiger partial charge in [-0.3, -0.25) is 15.0 Å². The summed E-state index contributed by atoms with van der Waals surface area (Å²) in [6.07, 6.45) is 0. The molecule has 0 saturated carbocycles. The summed E-state index contributed by atoms with van der Waals surface area (Å²) in [5, 5.41) is 19.5. The summed E-state index contributed by atoms with van der Waals surface area (Å²) in [6.45, 7) is 5.26. The second-order valence-electron chi connectivity index (χ2n) is 4.60. The molecule has 1 aliphatic rings. The molecule has 0 amide bonds. The van der Waals surface area contributed by atoms with Crippen molar-refractivity contribution in [2.75, 3.05) is 31.1 Å². The molecule has 1 aromatic rings. The van der Waals surface area contributed by atoms with Crippen LogP contribution in [0.25, 0.3) is 0 Å². The molecule has 19 heavy (non-hydrogen) atoms. The number of nitro groups is 1. The fourth-order valence-corrected chi connectivity index (χ4v) is 2.23. The highest BCUT2D eigenvalue weighted by Gasteiger charge is 2.21. The summed E-state index contributed by atoms with van der Waals surface area (Å²) in [5.41, 5.74) is 1.11. The second kappa shape index (κ2) is 5.67. The monoisotopic (exact) mass is 260 g/mol. The number of anilines is 1. The molecule has 6 nitrogen and oxygen atoms in total. The van der Waals surface area contributed by atoms with Gasteiger partial charge in [-0.1, -0.05) is 0 Å². The molecule has 100 valence electrons. The van der Waals surface area contributed by atoms with Crippen LogP contribution in [0.15, 0.2) is 24.3 Å². The number of piperazine rings is 1. The van der Waals surface area contributed by atoms with Crippen molar-refractivity contribution >= 4 is 11.4 Å². The van der Waals surface area contributed by atoms with Crippen molar-refractivity contribution in [3.63, 3.8) is 0 Å². The van der Waals surface area contributed by atoms with Crippen LogP contribution in [0, 0.1) is 21.4 Å². The minimum Gasteiger partial charge on any atom is -0.369 e. The minimum absolute atomic E-state index is 0.0565. The lowest BCUT2D eigenvalue weighted by molar-refractivity contribution is -0.384. The Labute approximate surface area is 112 Å². The predicted molar refractivity (Wildman–Crippen MR) is 72.0 cm³/mol. The van der Waals surface area contributed by atoms with E-state index in [0.717, 1.165) is 31.9 Å². The summed E-state index contributed by atoms with van der Waals surface area (Å²) in [6, 6.07) is 8.80. The van der Waals surface area contributed by atoms with Gasteiger partial charge < -0.3 is 4.90 Å². The first-order valence-electron chi connectivity index (χ1n) is 6.25. The standard InChI is InChI=1S/C13H16N4O2/c1-11(10-14)15-6-8-16(9-7-15)12-2-4-13(5-3-12)17(18)19/h2-5,11H,6-9H2,1H3. The Morgan fingerprint density at radius 3 is 2.32 bits per heavy atom. The summed E-state index contributed by atoms with van der Waals surface area (Å²) < 4.78 is 0. The maximum atomic E-state index is 10.6. The van der Waals surface area contributed by atoms with Gasteiger partial charge in [0.15, 0.2) is 0 Å². The molecule has 2 rings (SSSR count). The number of nitro benzene ring substituents is 1. The topological polar surface area (TPSA) is 73.4 Å². The van der Waals surface area contributed by atoms with Gasteiger partial charge in [0, 0.05) is 44.0 Å². The zero-order chi connectivity index (χ0) is 13.8. The quantitative estimate of drug-likeness (QED) is 0.610. The SMILES string of the molecule is CC(C#N)N1CCN(c2ccc([N+](=O)[O-])cc2)CC1. The molecule has 0 aromatic heterocycles. The van der Waals surface area contributed by atoms with Gasteiger partial charge in [0.1, 0.15) is 0 Å². The highest BCUT2D eigenvalue weighted by atomic mass is 16.6. The van der Waals surface area contributed by atoms with Crippen molar-refractivity contribution in [2.45, 2.75) is 13.0 Å². The van der Waals surface area contributed by atoms with Crippen LogP contribution in [0.4, 0.5) is 11.4 Å². The lowest BCUT2D eigenvalue weighted by atomic mass is 10.2. The number of rotatable bonds is 3. The molecule has 6 heteroatoms. The summed E-state index contributed by atoms with van der Waals surface area (Å²) in [4.78, 5) is 14.5. The Balaban J connectivity index is 1.98. The van der Waals surface area contributed by atoms with E-state index in [-0.39, 0.29) is 11.7 Å². The van der Waals surface area contributed by atoms with Crippen molar-refractivity contribution in [1.82, 2.24) is 4.90 Å². The first-order chi connectivity index (χ1) is 9.11. The Kier molecular flexibility index (Phi) is 3.97. The van der Waals surface area contributed by atoms with Gasteiger partial charge in [0.05, 0.1) is 17.0 Å². The third kappa shape index (κ3) is 3.01. The highest BCUT2D eigenvalue weighted by molar-refractivity contribution is 5.51. The van der Waals surface area contributed by atoms with E-state index in [9.17, 15) is 10.1 Å². The molecule has 1 heterocycles. The van der Waals surface area contributed by atoms with Crippen LogP contribution in [-0.4, -0.2) is 42.0 Å². The van der Waals surface area contributed by atoms with Gasteiger partial charge >= 0.3 is 0 Å². The maximum Gasteiger partial charge on any atom is 0.269 e. The molecule has 1 unspecified atom stereocenters. The number of nitrogens with zero attached hydrogens (tertiary/aromatic N) is 4. The van der Waals surface area contributed by atoms with E-state index in [1.54, 1.807) is 12.1 Å². The Morgan fingerprint density at radius 1 is 1.26 bits per heavy atom. The minimum atomic E-state index is -0.393. The van der Waals surface area contributed by atoms with Gasteiger partial charge in [-0.15, -0.1) is 0 Å². The van der Waals surface area contributed by atoms with Crippen molar-refractivity contribution in [1.29, 1.82) is 5.26 Å². The molecule has 0 N–H and O–H groups in total. The molecule has 1 saturated heterocycles. The van der Waals surface area contributed by atoms with Crippen LogP contribution >= 0.6 is 0 Å². The van der Waals surface area contributed by atoms with Crippen LogP contribution in [-0.2, 0) is 0 Å². The van der Waals surface area contributed by atoms with E-state index >= 15 is 0 Å². The van der Waals surface area contributed by atoms with Gasteiger partial charge in [-0.25, -0.2) is 0 Å². The van der Waals surface area contributed by atoms with Gasteiger partial charge in [-0.05, 0) is 19.1 Å².